The van der Waals surface area contributed by atoms with Gasteiger partial charge in [-0.1, -0.05) is 0 Å². The van der Waals surface area contributed by atoms with Crippen LogP contribution in [0.25, 0.3) is 0 Å². The second kappa shape index (κ2) is 5.90. The van der Waals surface area contributed by atoms with Gasteiger partial charge in [0.15, 0.2) is 0 Å². The number of nitrogen functional groups attached to an aromatic ring is 1. The van der Waals surface area contributed by atoms with Crippen LogP contribution in [0.5, 0.6) is 5.75 Å². The molecule has 0 atom stereocenters. The summed E-state index contributed by atoms with van der Waals surface area (Å²) < 4.78 is 9.58. The Balaban J connectivity index is 2.95. The molecule has 1 amide bonds. The number of nitrogens with zero attached hydrogens (tertiary/aromatic N) is 1. The zero-order valence-electron chi connectivity index (χ0n) is 10.6. The number of ether oxygens (including phenoxy) is 2. The predicted octanol–water partition coefficient (Wildman–Crippen LogP) is 0.522. The fourth-order valence-corrected chi connectivity index (χ4v) is 1.43. The molecule has 0 fully saturated rings. The highest BCUT2D eigenvalue weighted by atomic mass is 16.5. The lowest BCUT2D eigenvalue weighted by Gasteiger charge is -2.17. The first-order valence-electron chi connectivity index (χ1n) is 5.25. The smallest absolute Gasteiger partial charge is 0.325 e. The number of methoxy groups -OCH3 is 2. The van der Waals surface area contributed by atoms with E-state index in [4.69, 9.17) is 10.5 Å². The van der Waals surface area contributed by atoms with Gasteiger partial charge in [0.25, 0.3) is 5.91 Å². The van der Waals surface area contributed by atoms with E-state index in [2.05, 4.69) is 4.74 Å². The number of nitrogens with two attached hydrogens (primary N) is 1. The highest BCUT2D eigenvalue weighted by Gasteiger charge is 2.19. The minimum absolute atomic E-state index is 0.132. The van der Waals surface area contributed by atoms with Crippen LogP contribution in [-0.2, 0) is 9.53 Å². The molecule has 1 aromatic rings. The zero-order valence-corrected chi connectivity index (χ0v) is 10.6. The monoisotopic (exact) mass is 252 g/mol. The van der Waals surface area contributed by atoms with Gasteiger partial charge in [-0.25, -0.2) is 0 Å². The second-order valence-corrected chi connectivity index (χ2v) is 3.70. The number of benzene rings is 1. The largest absolute Gasteiger partial charge is 0.496 e. The maximum Gasteiger partial charge on any atom is 0.325 e. The molecule has 0 bridgehead atoms. The molecule has 0 aliphatic rings. The molecule has 0 radical (unpaired) electrons. The Morgan fingerprint density at radius 2 is 2.00 bits per heavy atom. The van der Waals surface area contributed by atoms with Gasteiger partial charge in [-0.3, -0.25) is 9.59 Å². The van der Waals surface area contributed by atoms with Crippen molar-refractivity contribution in [3.05, 3.63) is 23.8 Å². The van der Waals surface area contributed by atoms with Crippen LogP contribution >= 0.6 is 0 Å². The van der Waals surface area contributed by atoms with E-state index < -0.39 is 5.97 Å². The van der Waals surface area contributed by atoms with E-state index in [-0.39, 0.29) is 12.5 Å². The zero-order chi connectivity index (χ0) is 13.7. The van der Waals surface area contributed by atoms with Crippen LogP contribution in [0.3, 0.4) is 0 Å². The minimum Gasteiger partial charge on any atom is -0.496 e. The number of likely N-dealkylation sites (N-methyl/N-ethyl adjacent to an activating group) is 1. The molecule has 2 N–H and O–H groups in total. The topological polar surface area (TPSA) is 81.9 Å². The molecule has 6 nitrogen and oxygen atoms in total. The maximum atomic E-state index is 12.1. The van der Waals surface area contributed by atoms with E-state index in [0.717, 1.165) is 0 Å². The molecule has 0 aliphatic heterocycles. The number of carbonyl (C=O) groups excluding carboxylic acids is 2. The molecule has 0 heterocycles. The van der Waals surface area contributed by atoms with Crippen LogP contribution < -0.4 is 10.5 Å². The summed E-state index contributed by atoms with van der Waals surface area (Å²) >= 11 is 0. The third-order valence-electron chi connectivity index (χ3n) is 2.39. The van der Waals surface area contributed by atoms with E-state index in [0.29, 0.717) is 17.0 Å². The maximum absolute atomic E-state index is 12.1. The third kappa shape index (κ3) is 3.13. The van der Waals surface area contributed by atoms with Gasteiger partial charge in [0.1, 0.15) is 12.3 Å². The number of hydrogen-bond acceptors (Lipinski definition) is 5. The first kappa shape index (κ1) is 13.8. The van der Waals surface area contributed by atoms with Gasteiger partial charge >= 0.3 is 5.97 Å². The van der Waals surface area contributed by atoms with E-state index in [1.165, 1.54) is 32.2 Å². The van der Waals surface area contributed by atoms with Crippen LogP contribution in [0.15, 0.2) is 18.2 Å². The molecule has 0 spiro atoms. The van der Waals surface area contributed by atoms with Crippen LogP contribution in [0.1, 0.15) is 10.4 Å². The highest BCUT2D eigenvalue weighted by Crippen LogP contribution is 2.22. The number of carbonyl (C=O) groups is 2. The SMILES string of the molecule is COC(=O)CN(C)C(=O)c1cc(N)ccc1OC. The molecule has 1 aromatic carbocycles. The van der Waals surface area contributed by atoms with Crippen molar-refractivity contribution >= 4 is 17.6 Å². The summed E-state index contributed by atoms with van der Waals surface area (Å²) in [6, 6.07) is 4.75. The summed E-state index contributed by atoms with van der Waals surface area (Å²) in [5.74, 6) is -0.441. The summed E-state index contributed by atoms with van der Waals surface area (Å²) in [6.45, 7) is -0.132. The average molecular weight is 252 g/mol. The standard InChI is InChI=1S/C12H16N2O4/c1-14(7-11(15)18-3)12(16)9-6-8(13)4-5-10(9)17-2/h4-6H,7,13H2,1-3H3. The first-order valence-corrected chi connectivity index (χ1v) is 5.25. The predicted molar refractivity (Wildman–Crippen MR) is 66.4 cm³/mol. The summed E-state index contributed by atoms with van der Waals surface area (Å²) in [6.07, 6.45) is 0. The van der Waals surface area contributed by atoms with Crippen molar-refractivity contribution in [3.63, 3.8) is 0 Å². The highest BCUT2D eigenvalue weighted by molar-refractivity contribution is 5.99. The van der Waals surface area contributed by atoms with Gasteiger partial charge in [0.05, 0.1) is 19.8 Å². The summed E-state index contributed by atoms with van der Waals surface area (Å²) in [5.41, 5.74) is 6.39. The molecule has 1 rings (SSSR count). The van der Waals surface area contributed by atoms with Crippen molar-refractivity contribution < 1.29 is 19.1 Å². The summed E-state index contributed by atoms with van der Waals surface area (Å²) in [7, 11) is 4.23. The number of rotatable bonds is 4. The molecular formula is C12H16N2O4. The van der Waals surface area contributed by atoms with Crippen LogP contribution in [0.4, 0.5) is 5.69 Å². The number of esters is 1. The summed E-state index contributed by atoms with van der Waals surface area (Å²) in [4.78, 5) is 24.5. The second-order valence-electron chi connectivity index (χ2n) is 3.70. The molecular weight excluding hydrogens is 236 g/mol. The van der Waals surface area contributed by atoms with Gasteiger partial charge in [-0.05, 0) is 18.2 Å². The van der Waals surface area contributed by atoms with E-state index in [9.17, 15) is 9.59 Å². The van der Waals surface area contributed by atoms with Gasteiger partial charge in [0.2, 0.25) is 0 Å². The number of anilines is 1. The molecule has 0 saturated heterocycles. The quantitative estimate of drug-likeness (QED) is 0.624. The Kier molecular flexibility index (Phi) is 4.53. The van der Waals surface area contributed by atoms with Gasteiger partial charge in [-0.15, -0.1) is 0 Å². The van der Waals surface area contributed by atoms with E-state index in [1.807, 2.05) is 0 Å². The summed E-state index contributed by atoms with van der Waals surface area (Å²) in [5, 5.41) is 0. The van der Waals surface area contributed by atoms with Crippen molar-refractivity contribution in [3.8, 4) is 5.75 Å². The molecule has 0 unspecified atom stereocenters. The lowest BCUT2D eigenvalue weighted by atomic mass is 10.1. The molecule has 98 valence electrons. The Labute approximate surface area is 105 Å². The van der Waals surface area contributed by atoms with E-state index in [1.54, 1.807) is 12.1 Å². The lowest BCUT2D eigenvalue weighted by molar-refractivity contribution is -0.141. The Bertz CT molecular complexity index is 459. The normalized spacial score (nSPS) is 9.72. The lowest BCUT2D eigenvalue weighted by Crippen LogP contribution is -2.32. The van der Waals surface area contributed by atoms with E-state index >= 15 is 0 Å². The van der Waals surface area contributed by atoms with Crippen molar-refractivity contribution in [2.75, 3.05) is 33.5 Å². The number of amides is 1. The molecule has 0 aliphatic carbocycles. The fourth-order valence-electron chi connectivity index (χ4n) is 1.43. The van der Waals surface area contributed by atoms with Gasteiger partial charge in [-0.2, -0.15) is 0 Å². The van der Waals surface area contributed by atoms with Crippen LogP contribution in [0.2, 0.25) is 0 Å². The Morgan fingerprint density at radius 3 is 2.56 bits per heavy atom. The first-order chi connectivity index (χ1) is 8.49. The molecule has 18 heavy (non-hydrogen) atoms. The van der Waals surface area contributed by atoms with Crippen molar-refractivity contribution in [2.24, 2.45) is 0 Å². The van der Waals surface area contributed by atoms with Crippen LogP contribution in [-0.4, -0.2) is 44.6 Å². The molecule has 6 heteroatoms. The van der Waals surface area contributed by atoms with Crippen LogP contribution in [0, 0.1) is 0 Å². The van der Waals surface area contributed by atoms with Gasteiger partial charge < -0.3 is 20.1 Å². The van der Waals surface area contributed by atoms with Gasteiger partial charge in [0, 0.05) is 12.7 Å². The third-order valence-corrected chi connectivity index (χ3v) is 2.39. The van der Waals surface area contributed by atoms with Crippen molar-refractivity contribution in [2.45, 2.75) is 0 Å². The van der Waals surface area contributed by atoms with Crippen molar-refractivity contribution in [1.82, 2.24) is 4.90 Å². The number of hydrogen-bond donors (Lipinski definition) is 1. The van der Waals surface area contributed by atoms with Crippen molar-refractivity contribution in [1.29, 1.82) is 0 Å². The molecule has 0 aromatic heterocycles. The molecule has 0 saturated carbocycles. The Morgan fingerprint density at radius 1 is 1.33 bits per heavy atom. The average Bonchev–Trinajstić information content (AvgIpc) is 2.37. The fraction of sp³-hybridized carbons (Fsp3) is 0.333. The minimum atomic E-state index is -0.492. The Hall–Kier alpha value is -2.24.